The molecule has 15 heavy (non-hydrogen) atoms. The third-order valence-corrected chi connectivity index (χ3v) is 2.46. The first kappa shape index (κ1) is 12.0. The maximum Gasteiger partial charge on any atom is 0.416 e. The van der Waals surface area contributed by atoms with Crippen LogP contribution in [0.1, 0.15) is 20.3 Å². The first-order chi connectivity index (χ1) is 7.07. The van der Waals surface area contributed by atoms with Gasteiger partial charge in [0.15, 0.2) is 0 Å². The number of rotatable bonds is 4. The average Bonchev–Trinajstić information content (AvgIpc) is 2.56. The first-order valence-electron chi connectivity index (χ1n) is 5.05. The van der Waals surface area contributed by atoms with Crippen molar-refractivity contribution in [3.05, 3.63) is 0 Å². The number of ether oxygens (including phenoxy) is 2. The second-order valence-corrected chi connectivity index (χ2v) is 3.89. The molecular weight excluding hydrogens is 198 g/mol. The van der Waals surface area contributed by atoms with E-state index >= 15 is 0 Å². The fourth-order valence-electron chi connectivity index (χ4n) is 1.52. The van der Waals surface area contributed by atoms with Crippen LogP contribution in [0.3, 0.4) is 0 Å². The van der Waals surface area contributed by atoms with E-state index in [4.69, 9.17) is 9.47 Å². The van der Waals surface area contributed by atoms with Crippen molar-refractivity contribution in [3.8, 4) is 0 Å². The fourth-order valence-corrected chi connectivity index (χ4v) is 1.52. The van der Waals surface area contributed by atoms with Crippen LogP contribution in [0.25, 0.3) is 0 Å². The molecule has 0 saturated carbocycles. The molecule has 0 spiro atoms. The van der Waals surface area contributed by atoms with E-state index in [1.807, 2.05) is 13.8 Å². The molecule has 1 rings (SSSR count). The molecule has 1 atom stereocenters. The summed E-state index contributed by atoms with van der Waals surface area (Å²) < 4.78 is 9.67. The number of nitrogens with zero attached hydrogens (tertiary/aromatic N) is 1. The van der Waals surface area contributed by atoms with Gasteiger partial charge >= 0.3 is 6.09 Å². The van der Waals surface area contributed by atoms with E-state index in [1.54, 1.807) is 0 Å². The molecule has 86 valence electrons. The highest BCUT2D eigenvalue weighted by Crippen LogP contribution is 2.20. The molecule has 1 saturated heterocycles. The van der Waals surface area contributed by atoms with Crippen molar-refractivity contribution in [2.24, 2.45) is 5.92 Å². The van der Waals surface area contributed by atoms with E-state index in [1.165, 1.54) is 12.0 Å². The van der Waals surface area contributed by atoms with Gasteiger partial charge in [-0.05, 0) is 5.92 Å². The van der Waals surface area contributed by atoms with Gasteiger partial charge in [-0.1, -0.05) is 13.8 Å². The molecule has 5 nitrogen and oxygen atoms in total. The zero-order valence-electron chi connectivity index (χ0n) is 9.36. The summed E-state index contributed by atoms with van der Waals surface area (Å²) in [6, 6.07) is -0.137. The Balaban J connectivity index is 2.63. The summed E-state index contributed by atoms with van der Waals surface area (Å²) in [6.07, 6.45) is -0.316. The molecule has 0 N–H and O–H groups in total. The maximum atomic E-state index is 11.7. The molecule has 0 aromatic carbocycles. The Bertz CT molecular complexity index is 252. The first-order valence-corrected chi connectivity index (χ1v) is 5.05. The average molecular weight is 215 g/mol. The van der Waals surface area contributed by atoms with Crippen LogP contribution in [0.2, 0.25) is 0 Å². The van der Waals surface area contributed by atoms with Gasteiger partial charge in [0.1, 0.15) is 6.61 Å². The largest absolute Gasteiger partial charge is 0.447 e. The molecule has 1 aliphatic heterocycles. The number of cyclic esters (lactones) is 1. The van der Waals surface area contributed by atoms with Crippen LogP contribution in [0.15, 0.2) is 0 Å². The number of methoxy groups -OCH3 is 1. The van der Waals surface area contributed by atoms with E-state index in [9.17, 15) is 9.59 Å². The number of amides is 2. The topological polar surface area (TPSA) is 55.8 Å². The molecule has 0 unspecified atom stereocenters. The third-order valence-electron chi connectivity index (χ3n) is 2.46. The van der Waals surface area contributed by atoms with Gasteiger partial charge in [-0.25, -0.2) is 9.69 Å². The summed E-state index contributed by atoms with van der Waals surface area (Å²) >= 11 is 0. The number of hydrogen-bond acceptors (Lipinski definition) is 4. The lowest BCUT2D eigenvalue weighted by Crippen LogP contribution is -2.42. The molecular formula is C10H17NO4. The smallest absolute Gasteiger partial charge is 0.416 e. The van der Waals surface area contributed by atoms with Gasteiger partial charge < -0.3 is 9.47 Å². The van der Waals surface area contributed by atoms with Crippen molar-refractivity contribution in [2.75, 3.05) is 20.3 Å². The maximum absolute atomic E-state index is 11.7. The van der Waals surface area contributed by atoms with Crippen LogP contribution >= 0.6 is 0 Å². The predicted molar refractivity (Wildman–Crippen MR) is 53.3 cm³/mol. The summed E-state index contributed by atoms with van der Waals surface area (Å²) in [6.45, 7) is 4.55. The van der Waals surface area contributed by atoms with Crippen LogP contribution < -0.4 is 0 Å². The van der Waals surface area contributed by atoms with E-state index in [0.29, 0.717) is 13.2 Å². The van der Waals surface area contributed by atoms with Crippen LogP contribution in [-0.2, 0) is 14.3 Å². The van der Waals surface area contributed by atoms with E-state index in [0.717, 1.165) is 0 Å². The highest BCUT2D eigenvalue weighted by atomic mass is 16.6. The normalized spacial score (nSPS) is 20.9. The lowest BCUT2D eigenvalue weighted by Gasteiger charge is -2.22. The van der Waals surface area contributed by atoms with Crippen LogP contribution in [0.4, 0.5) is 4.79 Å². The van der Waals surface area contributed by atoms with Crippen LogP contribution in [0.5, 0.6) is 0 Å². The van der Waals surface area contributed by atoms with Gasteiger partial charge in [-0.2, -0.15) is 0 Å². The summed E-state index contributed by atoms with van der Waals surface area (Å²) in [5, 5.41) is 0. The van der Waals surface area contributed by atoms with Crippen LogP contribution in [0, 0.1) is 5.92 Å². The van der Waals surface area contributed by atoms with Crippen molar-refractivity contribution in [2.45, 2.75) is 26.3 Å². The fraction of sp³-hybridized carbons (Fsp3) is 0.800. The Morgan fingerprint density at radius 2 is 2.33 bits per heavy atom. The van der Waals surface area contributed by atoms with Crippen molar-refractivity contribution in [3.63, 3.8) is 0 Å². The van der Waals surface area contributed by atoms with E-state index in [-0.39, 0.29) is 24.3 Å². The Morgan fingerprint density at radius 3 is 2.87 bits per heavy atom. The van der Waals surface area contributed by atoms with Gasteiger partial charge in [0, 0.05) is 7.11 Å². The van der Waals surface area contributed by atoms with Gasteiger partial charge in [-0.3, -0.25) is 4.79 Å². The molecule has 0 aromatic heterocycles. The lowest BCUT2D eigenvalue weighted by atomic mass is 10.0. The minimum Gasteiger partial charge on any atom is -0.447 e. The van der Waals surface area contributed by atoms with Crippen molar-refractivity contribution in [1.82, 2.24) is 4.90 Å². The quantitative estimate of drug-likeness (QED) is 0.702. The molecule has 0 radical (unpaired) electrons. The zero-order valence-corrected chi connectivity index (χ0v) is 9.36. The standard InChI is InChI=1S/C10H17NO4/c1-7(2)8-6-15-10(13)11(8)9(12)4-5-14-3/h7-8H,4-6H2,1-3H3/t8-/m1/s1. The van der Waals surface area contributed by atoms with Crippen molar-refractivity contribution in [1.29, 1.82) is 0 Å². The number of hydrogen-bond donors (Lipinski definition) is 0. The number of carbonyl (C=O) groups excluding carboxylic acids is 2. The predicted octanol–water partition coefficient (Wildman–Crippen LogP) is 1.03. The van der Waals surface area contributed by atoms with E-state index < -0.39 is 6.09 Å². The second-order valence-electron chi connectivity index (χ2n) is 3.89. The van der Waals surface area contributed by atoms with Gasteiger partial charge in [0.25, 0.3) is 0 Å². The third kappa shape index (κ3) is 2.68. The monoisotopic (exact) mass is 215 g/mol. The zero-order chi connectivity index (χ0) is 11.4. The second kappa shape index (κ2) is 5.11. The number of carbonyl (C=O) groups is 2. The van der Waals surface area contributed by atoms with Crippen LogP contribution in [-0.4, -0.2) is 43.3 Å². The van der Waals surface area contributed by atoms with E-state index in [2.05, 4.69) is 0 Å². The van der Waals surface area contributed by atoms with Crippen molar-refractivity contribution < 1.29 is 19.1 Å². The minimum absolute atomic E-state index is 0.137. The summed E-state index contributed by atoms with van der Waals surface area (Å²) in [4.78, 5) is 24.2. The highest BCUT2D eigenvalue weighted by molar-refractivity contribution is 5.93. The van der Waals surface area contributed by atoms with Gasteiger partial charge in [0.2, 0.25) is 5.91 Å². The summed E-state index contributed by atoms with van der Waals surface area (Å²) in [7, 11) is 1.52. The Hall–Kier alpha value is -1.10. The molecule has 1 aliphatic rings. The Kier molecular flexibility index (Phi) is 4.08. The SMILES string of the molecule is COCCC(=O)N1C(=O)OC[C@@H]1C(C)C. The number of imide groups is 1. The molecule has 0 bridgehead atoms. The highest BCUT2D eigenvalue weighted by Gasteiger charge is 2.38. The molecule has 2 amide bonds. The van der Waals surface area contributed by atoms with Crippen molar-refractivity contribution >= 4 is 12.0 Å². The lowest BCUT2D eigenvalue weighted by molar-refractivity contribution is -0.130. The van der Waals surface area contributed by atoms with Gasteiger partial charge in [0.05, 0.1) is 19.1 Å². The minimum atomic E-state index is -0.533. The Labute approximate surface area is 89.3 Å². The Morgan fingerprint density at radius 1 is 1.67 bits per heavy atom. The molecule has 5 heteroatoms. The van der Waals surface area contributed by atoms with Gasteiger partial charge in [-0.15, -0.1) is 0 Å². The molecule has 1 heterocycles. The molecule has 1 fully saturated rings. The summed E-state index contributed by atoms with van der Waals surface area (Å²) in [5.74, 6) is -0.0130. The molecule has 0 aromatic rings. The molecule has 0 aliphatic carbocycles. The summed E-state index contributed by atoms with van der Waals surface area (Å²) in [5.41, 5.74) is 0.